The Kier molecular flexibility index (Phi) is 4.81. The van der Waals surface area contributed by atoms with Gasteiger partial charge in [-0.3, -0.25) is 24.7 Å². The van der Waals surface area contributed by atoms with Crippen LogP contribution in [0.15, 0.2) is 41.1 Å². The van der Waals surface area contributed by atoms with Crippen LogP contribution < -0.4 is 5.32 Å². The van der Waals surface area contributed by atoms with Crippen LogP contribution in [-0.4, -0.2) is 30.8 Å². The summed E-state index contributed by atoms with van der Waals surface area (Å²) in [7, 11) is 0. The number of aromatic nitrogens is 4. The molecule has 11 heteroatoms. The number of nitrogens with zero attached hydrogens (tertiary/aromatic N) is 4. The number of H-pyrrole nitrogens is 1. The Morgan fingerprint density at radius 1 is 1.44 bits per heavy atom. The van der Waals surface area contributed by atoms with Crippen molar-refractivity contribution < 1.29 is 9.72 Å². The van der Waals surface area contributed by atoms with Gasteiger partial charge in [-0.2, -0.15) is 10.2 Å². The Bertz CT molecular complexity index is 954. The fourth-order valence-electron chi connectivity index (χ4n) is 2.12. The number of nitro groups is 1. The molecule has 1 amide bonds. The molecule has 3 rings (SSSR count). The maximum absolute atomic E-state index is 12.2. The third-order valence-corrected chi connectivity index (χ3v) is 4.23. The summed E-state index contributed by atoms with van der Waals surface area (Å²) in [6.07, 6.45) is 2.64. The van der Waals surface area contributed by atoms with Crippen LogP contribution in [0, 0.1) is 10.1 Å². The zero-order valence-electron chi connectivity index (χ0n) is 12.4. The second-order valence-corrected chi connectivity index (χ2v) is 6.22. The first kappa shape index (κ1) is 17.1. The largest absolute Gasteiger partial charge is 0.319 e. The lowest BCUT2D eigenvalue weighted by atomic mass is 10.2. The third-order valence-electron chi connectivity index (χ3n) is 3.28. The Morgan fingerprint density at radius 2 is 2.20 bits per heavy atom. The molecule has 25 heavy (non-hydrogen) atoms. The molecule has 2 heterocycles. The number of hydrogen-bond acceptors (Lipinski definition) is 5. The van der Waals surface area contributed by atoms with Gasteiger partial charge in [-0.25, -0.2) is 0 Å². The molecule has 0 radical (unpaired) electrons. The number of nitrogens with one attached hydrogen (secondary N) is 2. The summed E-state index contributed by atoms with van der Waals surface area (Å²) in [5, 5.41) is 24.1. The number of carbonyl (C=O) groups excluding carboxylic acids is 1. The van der Waals surface area contributed by atoms with Gasteiger partial charge in [-0.15, -0.1) is 0 Å². The van der Waals surface area contributed by atoms with Gasteiger partial charge < -0.3 is 5.32 Å². The van der Waals surface area contributed by atoms with E-state index in [1.165, 1.54) is 0 Å². The van der Waals surface area contributed by atoms with Gasteiger partial charge in [0.05, 0.1) is 15.9 Å². The van der Waals surface area contributed by atoms with Crippen LogP contribution in [0.1, 0.15) is 16.1 Å². The fraction of sp³-hybridized carbons (Fsp3) is 0.0714. The predicted octanol–water partition coefficient (Wildman–Crippen LogP) is 3.23. The highest BCUT2D eigenvalue weighted by molar-refractivity contribution is 9.10. The van der Waals surface area contributed by atoms with E-state index < -0.39 is 16.5 Å². The topological polar surface area (TPSA) is 119 Å². The van der Waals surface area contributed by atoms with Crippen molar-refractivity contribution in [2.75, 3.05) is 5.32 Å². The monoisotopic (exact) mass is 424 g/mol. The Morgan fingerprint density at radius 3 is 2.92 bits per heavy atom. The SMILES string of the molecule is O=C(Nc1nn(Cc2ccccc2Cl)cc1Br)c1[nH]ncc1[N+](=O)[O-]. The van der Waals surface area contributed by atoms with E-state index in [-0.39, 0.29) is 11.5 Å². The maximum atomic E-state index is 12.2. The van der Waals surface area contributed by atoms with Crippen molar-refractivity contribution in [1.29, 1.82) is 0 Å². The molecule has 3 aromatic rings. The van der Waals surface area contributed by atoms with Crippen molar-refractivity contribution in [3.63, 3.8) is 0 Å². The first-order valence-electron chi connectivity index (χ1n) is 6.91. The summed E-state index contributed by atoms with van der Waals surface area (Å²) in [5.41, 5.74) is 0.197. The van der Waals surface area contributed by atoms with Gasteiger partial charge in [-0.1, -0.05) is 29.8 Å². The van der Waals surface area contributed by atoms with Crippen LogP contribution in [0.5, 0.6) is 0 Å². The molecular weight excluding hydrogens is 416 g/mol. The molecule has 2 N–H and O–H groups in total. The molecule has 9 nitrogen and oxygen atoms in total. The van der Waals surface area contributed by atoms with E-state index in [0.29, 0.717) is 16.0 Å². The molecule has 0 bridgehead atoms. The highest BCUT2D eigenvalue weighted by atomic mass is 79.9. The average molecular weight is 426 g/mol. The van der Waals surface area contributed by atoms with Crippen molar-refractivity contribution in [2.45, 2.75) is 6.54 Å². The van der Waals surface area contributed by atoms with Crippen LogP contribution in [0.2, 0.25) is 5.02 Å². The van der Waals surface area contributed by atoms with Crippen LogP contribution >= 0.6 is 27.5 Å². The summed E-state index contributed by atoms with van der Waals surface area (Å²) < 4.78 is 2.11. The number of carbonyl (C=O) groups is 1. The van der Waals surface area contributed by atoms with Crippen LogP contribution in [-0.2, 0) is 6.54 Å². The first-order chi connectivity index (χ1) is 12.0. The zero-order chi connectivity index (χ0) is 18.0. The second-order valence-electron chi connectivity index (χ2n) is 4.96. The van der Waals surface area contributed by atoms with Crippen molar-refractivity contribution in [3.8, 4) is 0 Å². The predicted molar refractivity (Wildman–Crippen MR) is 93.7 cm³/mol. The molecule has 0 atom stereocenters. The molecule has 0 unspecified atom stereocenters. The van der Waals surface area contributed by atoms with E-state index in [9.17, 15) is 14.9 Å². The molecule has 128 valence electrons. The number of anilines is 1. The van der Waals surface area contributed by atoms with Crippen molar-refractivity contribution in [1.82, 2.24) is 20.0 Å². The molecule has 0 spiro atoms. The minimum atomic E-state index is -0.715. The lowest BCUT2D eigenvalue weighted by Gasteiger charge is -2.04. The molecule has 0 saturated carbocycles. The number of halogens is 2. The van der Waals surface area contributed by atoms with Crippen LogP contribution in [0.25, 0.3) is 0 Å². The van der Waals surface area contributed by atoms with Crippen LogP contribution in [0.4, 0.5) is 11.5 Å². The third kappa shape index (κ3) is 3.69. The first-order valence-corrected chi connectivity index (χ1v) is 8.08. The van der Waals surface area contributed by atoms with Crippen molar-refractivity contribution in [2.24, 2.45) is 0 Å². The van der Waals surface area contributed by atoms with E-state index >= 15 is 0 Å². The van der Waals surface area contributed by atoms with Gasteiger partial charge in [-0.05, 0) is 27.6 Å². The van der Waals surface area contributed by atoms with Gasteiger partial charge in [0.2, 0.25) is 5.69 Å². The van der Waals surface area contributed by atoms with Gasteiger partial charge in [0.15, 0.2) is 5.82 Å². The molecule has 0 saturated heterocycles. The van der Waals surface area contributed by atoms with E-state index in [0.717, 1.165) is 11.8 Å². The second kappa shape index (κ2) is 7.03. The van der Waals surface area contributed by atoms with Gasteiger partial charge in [0.25, 0.3) is 5.91 Å². The Hall–Kier alpha value is -2.72. The quantitative estimate of drug-likeness (QED) is 0.480. The zero-order valence-corrected chi connectivity index (χ0v) is 14.8. The lowest BCUT2D eigenvalue weighted by molar-refractivity contribution is -0.385. The normalized spacial score (nSPS) is 10.6. The maximum Gasteiger partial charge on any atom is 0.319 e. The minimum Gasteiger partial charge on any atom is -0.303 e. The Labute approximate surface area is 154 Å². The molecule has 1 aromatic carbocycles. The van der Waals surface area contributed by atoms with E-state index in [2.05, 4.69) is 36.5 Å². The van der Waals surface area contributed by atoms with E-state index in [4.69, 9.17) is 11.6 Å². The molecular formula is C14H10BrClN6O3. The summed E-state index contributed by atoms with van der Waals surface area (Å²) in [6.45, 7) is 0.401. The number of amides is 1. The minimum absolute atomic E-state index is 0.223. The molecule has 2 aromatic heterocycles. The Balaban J connectivity index is 1.79. The van der Waals surface area contributed by atoms with Crippen molar-refractivity contribution in [3.05, 3.63) is 67.5 Å². The number of aromatic amines is 1. The van der Waals surface area contributed by atoms with Crippen LogP contribution in [0.3, 0.4) is 0 Å². The number of benzene rings is 1. The molecule has 0 aliphatic rings. The average Bonchev–Trinajstić information content (AvgIpc) is 3.17. The van der Waals surface area contributed by atoms with Gasteiger partial charge in [0, 0.05) is 11.2 Å². The summed E-state index contributed by atoms with van der Waals surface area (Å²) in [4.78, 5) is 22.4. The van der Waals surface area contributed by atoms with Gasteiger partial charge in [0.1, 0.15) is 6.20 Å². The highest BCUT2D eigenvalue weighted by Crippen LogP contribution is 2.24. The highest BCUT2D eigenvalue weighted by Gasteiger charge is 2.24. The van der Waals surface area contributed by atoms with E-state index in [1.807, 2.05) is 18.2 Å². The summed E-state index contributed by atoms with van der Waals surface area (Å²) in [5.74, 6) is -0.492. The lowest BCUT2D eigenvalue weighted by Crippen LogP contribution is -2.15. The smallest absolute Gasteiger partial charge is 0.303 e. The van der Waals surface area contributed by atoms with E-state index in [1.54, 1.807) is 16.9 Å². The number of rotatable bonds is 5. The summed E-state index contributed by atoms with van der Waals surface area (Å²) >= 11 is 9.42. The summed E-state index contributed by atoms with van der Waals surface area (Å²) in [6, 6.07) is 7.33. The molecule has 0 aliphatic carbocycles. The standard InChI is InChI=1S/C14H10BrClN6O3/c15-9-7-21(6-8-3-1-2-4-10(8)16)20-13(9)18-14(23)12-11(22(24)25)5-17-19-12/h1-5,7H,6H2,(H,17,19)(H,18,20,23). The fourth-order valence-corrected chi connectivity index (χ4v) is 2.73. The van der Waals surface area contributed by atoms with Gasteiger partial charge >= 0.3 is 5.69 Å². The van der Waals surface area contributed by atoms with Crippen molar-refractivity contribution >= 4 is 44.9 Å². The number of hydrogen-bond donors (Lipinski definition) is 2. The molecule has 0 aliphatic heterocycles. The molecule has 0 fully saturated rings.